The fourth-order valence-corrected chi connectivity index (χ4v) is 3.32. The van der Waals surface area contributed by atoms with Crippen molar-refractivity contribution in [3.05, 3.63) is 35.3 Å². The van der Waals surface area contributed by atoms with Gasteiger partial charge in [-0.05, 0) is 18.8 Å². The number of aromatic nitrogens is 3. The molecule has 4 rings (SSSR count). The molecule has 1 atom stereocenters. The molecule has 0 bridgehead atoms. The van der Waals surface area contributed by atoms with E-state index in [-0.39, 0.29) is 23.3 Å². The Kier molecular flexibility index (Phi) is 5.16. The Morgan fingerprint density at radius 3 is 2.63 bits per heavy atom. The number of hydrogen-bond acceptors (Lipinski definition) is 7. The van der Waals surface area contributed by atoms with E-state index in [9.17, 15) is 18.0 Å². The normalized spacial score (nSPS) is 19.1. The van der Waals surface area contributed by atoms with E-state index in [0.717, 1.165) is 12.8 Å². The second-order valence-electron chi connectivity index (χ2n) is 8.00. The standard InChI is InChI=1S/C19H21F3N4O4/c1-10-25-26-17(30-10)15(18(2)7-28-8-18)24-16(27)13-5-14(29-9-19(20,21)22)12(6-23-13)11-3-4-11/h5-6,11,15H,3-4,7-9H2,1-2H3,(H,24,27). The van der Waals surface area contributed by atoms with E-state index in [2.05, 4.69) is 20.5 Å². The first-order chi connectivity index (χ1) is 14.1. The molecule has 1 N–H and O–H groups in total. The van der Waals surface area contributed by atoms with Crippen molar-refractivity contribution in [1.29, 1.82) is 0 Å². The molecule has 2 aliphatic rings. The van der Waals surface area contributed by atoms with E-state index in [0.29, 0.717) is 24.7 Å². The summed E-state index contributed by atoms with van der Waals surface area (Å²) in [6.45, 7) is 2.87. The van der Waals surface area contributed by atoms with Crippen LogP contribution in [0.25, 0.3) is 0 Å². The summed E-state index contributed by atoms with van der Waals surface area (Å²) in [6.07, 6.45) is -1.36. The Morgan fingerprint density at radius 1 is 1.37 bits per heavy atom. The Morgan fingerprint density at radius 2 is 2.10 bits per heavy atom. The smallest absolute Gasteiger partial charge is 0.422 e. The largest absolute Gasteiger partial charge is 0.484 e. The Bertz CT molecular complexity index is 938. The number of halogens is 3. The summed E-state index contributed by atoms with van der Waals surface area (Å²) >= 11 is 0. The molecule has 1 amide bonds. The third kappa shape index (κ3) is 4.40. The third-order valence-corrected chi connectivity index (χ3v) is 5.16. The van der Waals surface area contributed by atoms with Crippen LogP contribution in [0.15, 0.2) is 16.7 Å². The average molecular weight is 426 g/mol. The van der Waals surface area contributed by atoms with Gasteiger partial charge in [-0.15, -0.1) is 10.2 Å². The Hall–Kier alpha value is -2.69. The SMILES string of the molecule is Cc1nnc(C(NC(=O)c2cc(OCC(F)(F)F)c(C3CC3)cn2)C2(C)COC2)o1. The maximum atomic E-state index is 12.9. The van der Waals surface area contributed by atoms with Crippen LogP contribution in [0.5, 0.6) is 5.75 Å². The zero-order valence-corrected chi connectivity index (χ0v) is 16.5. The van der Waals surface area contributed by atoms with Crippen LogP contribution < -0.4 is 10.1 Å². The predicted molar refractivity (Wildman–Crippen MR) is 95.9 cm³/mol. The molecular weight excluding hydrogens is 405 g/mol. The molecule has 11 heteroatoms. The van der Waals surface area contributed by atoms with E-state index < -0.39 is 30.1 Å². The van der Waals surface area contributed by atoms with Gasteiger partial charge in [0.15, 0.2) is 6.61 Å². The van der Waals surface area contributed by atoms with E-state index in [1.807, 2.05) is 6.92 Å². The maximum Gasteiger partial charge on any atom is 0.422 e. The highest BCUT2D eigenvalue weighted by molar-refractivity contribution is 5.93. The first-order valence-electron chi connectivity index (χ1n) is 9.53. The molecule has 1 saturated carbocycles. The van der Waals surface area contributed by atoms with Crippen molar-refractivity contribution in [1.82, 2.24) is 20.5 Å². The molecule has 30 heavy (non-hydrogen) atoms. The lowest BCUT2D eigenvalue weighted by atomic mass is 9.80. The van der Waals surface area contributed by atoms with Crippen molar-refractivity contribution in [2.45, 2.75) is 44.8 Å². The van der Waals surface area contributed by atoms with Gasteiger partial charge in [0, 0.05) is 30.2 Å². The van der Waals surface area contributed by atoms with Gasteiger partial charge < -0.3 is 19.2 Å². The van der Waals surface area contributed by atoms with E-state index in [4.69, 9.17) is 13.9 Å². The number of hydrogen-bond donors (Lipinski definition) is 1. The van der Waals surface area contributed by atoms with Crippen molar-refractivity contribution in [3.8, 4) is 5.75 Å². The van der Waals surface area contributed by atoms with Gasteiger partial charge in [-0.25, -0.2) is 0 Å². The summed E-state index contributed by atoms with van der Waals surface area (Å²) in [5.41, 5.74) is 0.0685. The number of alkyl halides is 3. The summed E-state index contributed by atoms with van der Waals surface area (Å²) in [5, 5.41) is 10.6. The van der Waals surface area contributed by atoms with Gasteiger partial charge >= 0.3 is 6.18 Å². The number of amides is 1. The minimum absolute atomic E-state index is 0.0262. The molecule has 1 saturated heterocycles. The third-order valence-electron chi connectivity index (χ3n) is 5.16. The van der Waals surface area contributed by atoms with Crippen LogP contribution in [0.2, 0.25) is 0 Å². The molecule has 2 aromatic heterocycles. The Labute approximate surface area is 170 Å². The quantitative estimate of drug-likeness (QED) is 0.726. The van der Waals surface area contributed by atoms with Crippen molar-refractivity contribution >= 4 is 5.91 Å². The van der Waals surface area contributed by atoms with Gasteiger partial charge in [0.25, 0.3) is 5.91 Å². The number of ether oxygens (including phenoxy) is 2. The number of rotatable bonds is 7. The van der Waals surface area contributed by atoms with E-state index in [1.54, 1.807) is 6.92 Å². The number of aryl methyl sites for hydroxylation is 1. The second kappa shape index (κ2) is 7.53. The minimum atomic E-state index is -4.48. The Balaban J connectivity index is 1.57. The van der Waals surface area contributed by atoms with Crippen molar-refractivity contribution in [3.63, 3.8) is 0 Å². The summed E-state index contributed by atoms with van der Waals surface area (Å²) in [7, 11) is 0. The molecule has 1 aliphatic heterocycles. The molecule has 2 fully saturated rings. The molecule has 0 spiro atoms. The average Bonchev–Trinajstić information content (AvgIpc) is 3.42. The summed E-state index contributed by atoms with van der Waals surface area (Å²) < 4.78 is 53.7. The molecule has 162 valence electrons. The fourth-order valence-electron chi connectivity index (χ4n) is 3.32. The van der Waals surface area contributed by atoms with Crippen LogP contribution in [0.4, 0.5) is 13.2 Å². The molecule has 3 heterocycles. The highest BCUT2D eigenvalue weighted by Gasteiger charge is 2.46. The van der Waals surface area contributed by atoms with E-state index in [1.165, 1.54) is 12.3 Å². The number of pyridine rings is 1. The van der Waals surface area contributed by atoms with Crippen molar-refractivity contribution in [2.24, 2.45) is 5.41 Å². The lowest BCUT2D eigenvalue weighted by Crippen LogP contribution is -2.51. The lowest BCUT2D eigenvalue weighted by molar-refractivity contribution is -0.153. The van der Waals surface area contributed by atoms with Gasteiger partial charge in [0.2, 0.25) is 11.8 Å². The van der Waals surface area contributed by atoms with E-state index >= 15 is 0 Å². The summed E-state index contributed by atoms with van der Waals surface area (Å²) in [6, 6.07) is 0.620. The highest BCUT2D eigenvalue weighted by Crippen LogP contribution is 2.44. The number of nitrogens with one attached hydrogen (secondary N) is 1. The number of carbonyl (C=O) groups excluding carboxylic acids is 1. The molecule has 0 radical (unpaired) electrons. The van der Waals surface area contributed by atoms with Crippen molar-refractivity contribution in [2.75, 3.05) is 19.8 Å². The van der Waals surface area contributed by atoms with Crippen LogP contribution in [0.3, 0.4) is 0 Å². The maximum absolute atomic E-state index is 12.9. The minimum Gasteiger partial charge on any atom is -0.484 e. The molecule has 1 unspecified atom stereocenters. The first-order valence-corrected chi connectivity index (χ1v) is 9.53. The summed E-state index contributed by atoms with van der Waals surface area (Å²) in [5.74, 6) is 0.136. The van der Waals surface area contributed by atoms with Gasteiger partial charge in [-0.1, -0.05) is 6.92 Å². The topological polar surface area (TPSA) is 99.4 Å². The highest BCUT2D eigenvalue weighted by atomic mass is 19.4. The number of nitrogens with zero attached hydrogens (tertiary/aromatic N) is 3. The molecule has 0 aromatic carbocycles. The molecular formula is C19H21F3N4O4. The molecule has 1 aliphatic carbocycles. The monoisotopic (exact) mass is 426 g/mol. The predicted octanol–water partition coefficient (Wildman–Crippen LogP) is 3.10. The van der Waals surface area contributed by atoms with Gasteiger partial charge in [-0.3, -0.25) is 9.78 Å². The zero-order valence-electron chi connectivity index (χ0n) is 16.5. The fraction of sp³-hybridized carbons (Fsp3) is 0.579. The van der Waals surface area contributed by atoms with Crippen molar-refractivity contribution < 1.29 is 31.9 Å². The van der Waals surface area contributed by atoms with Crippen LogP contribution in [0, 0.1) is 12.3 Å². The first kappa shape index (κ1) is 20.6. The van der Waals surface area contributed by atoms with Gasteiger partial charge in [0.05, 0.1) is 13.2 Å². The summed E-state index contributed by atoms with van der Waals surface area (Å²) in [4.78, 5) is 17.0. The van der Waals surface area contributed by atoms with Gasteiger partial charge in [0.1, 0.15) is 17.5 Å². The van der Waals surface area contributed by atoms with Crippen LogP contribution in [-0.2, 0) is 4.74 Å². The molecule has 8 nitrogen and oxygen atoms in total. The second-order valence-corrected chi connectivity index (χ2v) is 8.00. The number of carbonyl (C=O) groups is 1. The van der Waals surface area contributed by atoms with Crippen LogP contribution >= 0.6 is 0 Å². The zero-order chi connectivity index (χ0) is 21.5. The van der Waals surface area contributed by atoms with Crippen LogP contribution in [-0.4, -0.2) is 47.1 Å². The van der Waals surface area contributed by atoms with Gasteiger partial charge in [-0.2, -0.15) is 13.2 Å². The lowest BCUT2D eigenvalue weighted by Gasteiger charge is -2.42. The van der Waals surface area contributed by atoms with Crippen LogP contribution in [0.1, 0.15) is 59.6 Å². The molecule has 2 aromatic rings.